The third kappa shape index (κ3) is 1.65. The van der Waals surface area contributed by atoms with Gasteiger partial charge in [0.2, 0.25) is 0 Å². The van der Waals surface area contributed by atoms with Crippen molar-refractivity contribution >= 4 is 11.0 Å². The molecule has 2 aromatic rings. The molecule has 0 bridgehead atoms. The number of benzene rings is 1. The molecule has 1 atom stereocenters. The van der Waals surface area contributed by atoms with E-state index in [-0.39, 0.29) is 11.7 Å². The van der Waals surface area contributed by atoms with Crippen molar-refractivity contribution in [2.45, 2.75) is 26.4 Å². The van der Waals surface area contributed by atoms with Crippen LogP contribution >= 0.6 is 0 Å². The lowest BCUT2D eigenvalue weighted by Gasteiger charge is -2.06. The summed E-state index contributed by atoms with van der Waals surface area (Å²) < 4.78 is 3.41. The van der Waals surface area contributed by atoms with Gasteiger partial charge in [0.05, 0.1) is 11.0 Å². The highest BCUT2D eigenvalue weighted by molar-refractivity contribution is 5.76. The first-order chi connectivity index (χ1) is 7.50. The molecular weight excluding hydrogens is 202 g/mol. The Morgan fingerprint density at radius 1 is 1.38 bits per heavy atom. The number of hydrogen-bond acceptors (Lipinski definition) is 2. The van der Waals surface area contributed by atoms with E-state index in [4.69, 9.17) is 5.73 Å². The van der Waals surface area contributed by atoms with Crippen molar-refractivity contribution in [1.29, 1.82) is 0 Å². The SMILES string of the molecule is Cc1ccc2c(c1)n(CC(C)N)c(=O)n2C. The molecule has 2 rings (SSSR count). The zero-order valence-electron chi connectivity index (χ0n) is 9.90. The molecule has 0 aliphatic carbocycles. The van der Waals surface area contributed by atoms with Crippen molar-refractivity contribution < 1.29 is 0 Å². The Labute approximate surface area is 94.3 Å². The van der Waals surface area contributed by atoms with Gasteiger partial charge in [-0.2, -0.15) is 0 Å². The molecule has 4 nitrogen and oxygen atoms in total. The van der Waals surface area contributed by atoms with Crippen molar-refractivity contribution in [3.05, 3.63) is 34.2 Å². The third-order valence-electron chi connectivity index (χ3n) is 2.77. The van der Waals surface area contributed by atoms with Gasteiger partial charge in [-0.3, -0.25) is 9.13 Å². The van der Waals surface area contributed by atoms with Crippen LogP contribution in [0.3, 0.4) is 0 Å². The van der Waals surface area contributed by atoms with E-state index < -0.39 is 0 Å². The number of hydrogen-bond donors (Lipinski definition) is 1. The van der Waals surface area contributed by atoms with Gasteiger partial charge < -0.3 is 5.73 Å². The average molecular weight is 219 g/mol. The van der Waals surface area contributed by atoms with Crippen LogP contribution in [0.4, 0.5) is 0 Å². The lowest BCUT2D eigenvalue weighted by atomic mass is 10.2. The summed E-state index contributed by atoms with van der Waals surface area (Å²) in [5, 5.41) is 0. The molecule has 1 aromatic heterocycles. The predicted molar refractivity (Wildman–Crippen MR) is 65.6 cm³/mol. The van der Waals surface area contributed by atoms with Crippen LogP contribution in [-0.2, 0) is 13.6 Å². The molecule has 16 heavy (non-hydrogen) atoms. The molecule has 0 aliphatic heterocycles. The number of nitrogens with two attached hydrogens (primary N) is 1. The van der Waals surface area contributed by atoms with Crippen molar-refractivity contribution in [3.63, 3.8) is 0 Å². The lowest BCUT2D eigenvalue weighted by molar-refractivity contribution is 0.577. The second-order valence-electron chi connectivity index (χ2n) is 4.42. The monoisotopic (exact) mass is 219 g/mol. The van der Waals surface area contributed by atoms with E-state index in [0.717, 1.165) is 16.6 Å². The summed E-state index contributed by atoms with van der Waals surface area (Å²) in [5.74, 6) is 0. The van der Waals surface area contributed by atoms with Gasteiger partial charge >= 0.3 is 5.69 Å². The third-order valence-corrected chi connectivity index (χ3v) is 2.77. The molecule has 0 spiro atoms. The highest BCUT2D eigenvalue weighted by Gasteiger charge is 2.11. The van der Waals surface area contributed by atoms with E-state index in [1.165, 1.54) is 0 Å². The van der Waals surface area contributed by atoms with Gasteiger partial charge in [-0.05, 0) is 31.5 Å². The van der Waals surface area contributed by atoms with Gasteiger partial charge in [0.25, 0.3) is 0 Å². The Hall–Kier alpha value is -1.55. The molecule has 1 unspecified atom stereocenters. The van der Waals surface area contributed by atoms with Crippen molar-refractivity contribution in [3.8, 4) is 0 Å². The van der Waals surface area contributed by atoms with Gasteiger partial charge in [0.15, 0.2) is 0 Å². The first kappa shape index (κ1) is 11.0. The first-order valence-electron chi connectivity index (χ1n) is 5.42. The standard InChI is InChI=1S/C12H17N3O/c1-8-4-5-10-11(6-8)15(7-9(2)13)12(16)14(10)3/h4-6,9H,7,13H2,1-3H3. The van der Waals surface area contributed by atoms with Crippen LogP contribution in [0.15, 0.2) is 23.0 Å². The van der Waals surface area contributed by atoms with E-state index in [9.17, 15) is 4.79 Å². The van der Waals surface area contributed by atoms with Gasteiger partial charge in [-0.25, -0.2) is 4.79 Å². The maximum absolute atomic E-state index is 12.0. The predicted octanol–water partition coefficient (Wildman–Crippen LogP) is 0.996. The fourth-order valence-corrected chi connectivity index (χ4v) is 1.98. The van der Waals surface area contributed by atoms with Crippen molar-refractivity contribution in [2.75, 3.05) is 0 Å². The molecule has 4 heteroatoms. The summed E-state index contributed by atoms with van der Waals surface area (Å²) >= 11 is 0. The first-order valence-corrected chi connectivity index (χ1v) is 5.42. The van der Waals surface area contributed by atoms with E-state index in [2.05, 4.69) is 0 Å². The second kappa shape index (κ2) is 3.79. The van der Waals surface area contributed by atoms with Crippen molar-refractivity contribution in [2.24, 2.45) is 12.8 Å². The highest BCUT2D eigenvalue weighted by Crippen LogP contribution is 2.14. The number of rotatable bonds is 2. The van der Waals surface area contributed by atoms with Crippen LogP contribution in [0.1, 0.15) is 12.5 Å². The quantitative estimate of drug-likeness (QED) is 0.819. The Morgan fingerprint density at radius 3 is 2.69 bits per heavy atom. The van der Waals surface area contributed by atoms with Crippen LogP contribution in [0.25, 0.3) is 11.0 Å². The molecule has 2 N–H and O–H groups in total. The highest BCUT2D eigenvalue weighted by atomic mass is 16.1. The van der Waals surface area contributed by atoms with Crippen LogP contribution in [0.5, 0.6) is 0 Å². The van der Waals surface area contributed by atoms with E-state index in [0.29, 0.717) is 6.54 Å². The normalized spacial score (nSPS) is 13.2. The summed E-state index contributed by atoms with van der Waals surface area (Å²) in [6, 6.07) is 5.99. The fourth-order valence-electron chi connectivity index (χ4n) is 1.98. The maximum atomic E-state index is 12.0. The minimum atomic E-state index is -0.0242. The number of imidazole rings is 1. The summed E-state index contributed by atoms with van der Waals surface area (Å²) in [6.45, 7) is 4.48. The molecule has 0 amide bonds. The number of aromatic nitrogens is 2. The number of fused-ring (bicyclic) bond motifs is 1. The molecule has 1 aromatic carbocycles. The second-order valence-corrected chi connectivity index (χ2v) is 4.42. The smallest absolute Gasteiger partial charge is 0.326 e. The zero-order chi connectivity index (χ0) is 11.9. The fraction of sp³-hybridized carbons (Fsp3) is 0.417. The van der Waals surface area contributed by atoms with Gasteiger partial charge in [-0.15, -0.1) is 0 Å². The molecule has 0 fully saturated rings. The largest absolute Gasteiger partial charge is 0.328 e. The average Bonchev–Trinajstić information content (AvgIpc) is 2.43. The molecule has 0 saturated carbocycles. The topological polar surface area (TPSA) is 52.9 Å². The van der Waals surface area contributed by atoms with Crippen LogP contribution in [0, 0.1) is 6.92 Å². The molecule has 0 radical (unpaired) electrons. The van der Waals surface area contributed by atoms with Gasteiger partial charge in [0, 0.05) is 19.6 Å². The van der Waals surface area contributed by atoms with Crippen LogP contribution in [0.2, 0.25) is 0 Å². The number of aryl methyl sites for hydroxylation is 2. The minimum absolute atomic E-state index is 0.00194. The summed E-state index contributed by atoms with van der Waals surface area (Å²) in [6.07, 6.45) is 0. The Balaban J connectivity index is 2.75. The molecule has 0 saturated heterocycles. The summed E-state index contributed by atoms with van der Waals surface area (Å²) in [7, 11) is 1.79. The van der Waals surface area contributed by atoms with Crippen molar-refractivity contribution in [1.82, 2.24) is 9.13 Å². The van der Waals surface area contributed by atoms with Gasteiger partial charge in [-0.1, -0.05) is 6.07 Å². The zero-order valence-corrected chi connectivity index (χ0v) is 9.90. The molecular formula is C12H17N3O. The Morgan fingerprint density at radius 2 is 2.06 bits per heavy atom. The Bertz CT molecular complexity index is 578. The maximum Gasteiger partial charge on any atom is 0.328 e. The Kier molecular flexibility index (Phi) is 2.59. The summed E-state index contributed by atoms with van der Waals surface area (Å²) in [5.41, 5.74) is 8.83. The molecule has 1 heterocycles. The lowest BCUT2D eigenvalue weighted by Crippen LogP contribution is -2.30. The van der Waals surface area contributed by atoms with Gasteiger partial charge in [0.1, 0.15) is 0 Å². The molecule has 0 aliphatic rings. The van der Waals surface area contributed by atoms with Crippen LogP contribution < -0.4 is 11.4 Å². The molecule has 86 valence electrons. The van der Waals surface area contributed by atoms with E-state index in [1.54, 1.807) is 16.2 Å². The van der Waals surface area contributed by atoms with E-state index in [1.807, 2.05) is 32.0 Å². The summed E-state index contributed by atoms with van der Waals surface area (Å²) in [4.78, 5) is 12.0. The van der Waals surface area contributed by atoms with Crippen LogP contribution in [-0.4, -0.2) is 15.2 Å². The van der Waals surface area contributed by atoms with E-state index >= 15 is 0 Å². The number of nitrogens with zero attached hydrogens (tertiary/aromatic N) is 2. The minimum Gasteiger partial charge on any atom is -0.326 e.